The van der Waals surface area contributed by atoms with Crippen LogP contribution >= 0.6 is 0 Å². The molecule has 1 aliphatic heterocycles. The molecule has 0 atom stereocenters. The van der Waals surface area contributed by atoms with Crippen LogP contribution in [0.5, 0.6) is 0 Å². The van der Waals surface area contributed by atoms with Crippen molar-refractivity contribution < 1.29 is 4.79 Å². The van der Waals surface area contributed by atoms with E-state index in [1.54, 1.807) is 0 Å². The first kappa shape index (κ1) is 15.7. The number of nitrogens with one attached hydrogen (secondary N) is 1. The Labute approximate surface area is 136 Å². The molecule has 124 valence electrons. The predicted octanol–water partition coefficient (Wildman–Crippen LogP) is 1.16. The van der Waals surface area contributed by atoms with Gasteiger partial charge in [0.2, 0.25) is 5.91 Å². The molecule has 3 rings (SSSR count). The number of anilines is 1. The smallest absolute Gasteiger partial charge is 0.231 e. The molecular formula is C16H24N6O. The zero-order valence-corrected chi connectivity index (χ0v) is 13.8. The lowest BCUT2D eigenvalue weighted by atomic mass is 10.2. The van der Waals surface area contributed by atoms with Gasteiger partial charge < -0.3 is 14.8 Å². The SMILES string of the molecule is CN(C)CCn1ccc(NC(=O)Cc2cn3c(n2)CCCC3)n1. The van der Waals surface area contributed by atoms with Crippen LogP contribution < -0.4 is 5.32 Å². The van der Waals surface area contributed by atoms with Crippen molar-refractivity contribution in [2.75, 3.05) is 26.0 Å². The average molecular weight is 316 g/mol. The molecule has 0 aromatic carbocycles. The number of aryl methyl sites for hydroxylation is 2. The van der Waals surface area contributed by atoms with Crippen molar-refractivity contribution >= 4 is 11.7 Å². The largest absolute Gasteiger partial charge is 0.335 e. The molecule has 0 spiro atoms. The maximum atomic E-state index is 12.2. The van der Waals surface area contributed by atoms with Crippen LogP contribution in [0.4, 0.5) is 5.82 Å². The molecule has 1 amide bonds. The number of nitrogens with zero attached hydrogens (tertiary/aromatic N) is 5. The van der Waals surface area contributed by atoms with E-state index in [0.29, 0.717) is 12.2 Å². The standard InChI is InChI=1S/C16H24N6O/c1-20(2)9-10-22-8-6-14(19-22)18-16(23)11-13-12-21-7-4-3-5-15(21)17-13/h6,8,12H,3-5,7,9-11H2,1-2H3,(H,18,19,23). The number of carbonyl (C=O) groups is 1. The first-order valence-corrected chi connectivity index (χ1v) is 8.13. The summed E-state index contributed by atoms with van der Waals surface area (Å²) in [6.45, 7) is 2.73. The Kier molecular flexibility index (Phi) is 4.76. The summed E-state index contributed by atoms with van der Waals surface area (Å²) >= 11 is 0. The highest BCUT2D eigenvalue weighted by atomic mass is 16.1. The van der Waals surface area contributed by atoms with Gasteiger partial charge in [-0.3, -0.25) is 9.48 Å². The summed E-state index contributed by atoms with van der Waals surface area (Å²) in [6.07, 6.45) is 7.58. The molecule has 1 N–H and O–H groups in total. The molecule has 0 fully saturated rings. The highest BCUT2D eigenvalue weighted by molar-refractivity contribution is 5.91. The van der Waals surface area contributed by atoms with Crippen LogP contribution in [0.3, 0.4) is 0 Å². The van der Waals surface area contributed by atoms with Gasteiger partial charge in [0.05, 0.1) is 18.7 Å². The van der Waals surface area contributed by atoms with Crippen molar-refractivity contribution in [3.05, 3.63) is 30.0 Å². The van der Waals surface area contributed by atoms with Crippen LogP contribution in [0.25, 0.3) is 0 Å². The monoisotopic (exact) mass is 316 g/mol. The van der Waals surface area contributed by atoms with Crippen LogP contribution in [0.1, 0.15) is 24.4 Å². The van der Waals surface area contributed by atoms with E-state index in [1.807, 2.05) is 37.2 Å². The molecule has 0 saturated heterocycles. The van der Waals surface area contributed by atoms with Crippen molar-refractivity contribution in [1.29, 1.82) is 0 Å². The molecule has 0 bridgehead atoms. The first-order valence-electron chi connectivity index (χ1n) is 8.13. The number of fused-ring (bicyclic) bond motifs is 1. The van der Waals surface area contributed by atoms with Gasteiger partial charge in [0.25, 0.3) is 0 Å². The van der Waals surface area contributed by atoms with E-state index in [1.165, 1.54) is 12.8 Å². The van der Waals surface area contributed by atoms with E-state index in [9.17, 15) is 4.79 Å². The fourth-order valence-corrected chi connectivity index (χ4v) is 2.76. The van der Waals surface area contributed by atoms with E-state index in [4.69, 9.17) is 0 Å². The molecule has 0 saturated carbocycles. The normalized spacial score (nSPS) is 14.0. The first-order chi connectivity index (χ1) is 11.1. The predicted molar refractivity (Wildman–Crippen MR) is 88.3 cm³/mol. The molecular weight excluding hydrogens is 292 g/mol. The summed E-state index contributed by atoms with van der Waals surface area (Å²) in [5.41, 5.74) is 0.839. The van der Waals surface area contributed by atoms with Gasteiger partial charge in [0.15, 0.2) is 5.82 Å². The second kappa shape index (κ2) is 6.95. The van der Waals surface area contributed by atoms with Gasteiger partial charge in [0.1, 0.15) is 5.82 Å². The third kappa shape index (κ3) is 4.19. The third-order valence-electron chi connectivity index (χ3n) is 3.98. The summed E-state index contributed by atoms with van der Waals surface area (Å²) in [5.74, 6) is 1.63. The average Bonchev–Trinajstić information content (AvgIpc) is 3.10. The highest BCUT2D eigenvalue weighted by Crippen LogP contribution is 2.15. The lowest BCUT2D eigenvalue weighted by molar-refractivity contribution is -0.115. The number of likely N-dealkylation sites (N-methyl/N-ethyl adjacent to an activating group) is 1. The second-order valence-electron chi connectivity index (χ2n) is 6.29. The quantitative estimate of drug-likeness (QED) is 0.868. The Morgan fingerprint density at radius 3 is 3.04 bits per heavy atom. The van der Waals surface area contributed by atoms with E-state index in [-0.39, 0.29) is 5.91 Å². The van der Waals surface area contributed by atoms with Gasteiger partial charge >= 0.3 is 0 Å². The minimum absolute atomic E-state index is 0.0710. The fraction of sp³-hybridized carbons (Fsp3) is 0.562. The summed E-state index contributed by atoms with van der Waals surface area (Å²) in [7, 11) is 4.05. The zero-order valence-electron chi connectivity index (χ0n) is 13.8. The van der Waals surface area contributed by atoms with E-state index < -0.39 is 0 Å². The summed E-state index contributed by atoms with van der Waals surface area (Å²) in [4.78, 5) is 18.8. The van der Waals surface area contributed by atoms with Gasteiger partial charge in [-0.15, -0.1) is 0 Å². The molecule has 0 unspecified atom stereocenters. The van der Waals surface area contributed by atoms with Crippen LogP contribution in [0, 0.1) is 0 Å². The highest BCUT2D eigenvalue weighted by Gasteiger charge is 2.14. The van der Waals surface area contributed by atoms with Crippen LogP contribution in [0.15, 0.2) is 18.5 Å². The minimum atomic E-state index is -0.0710. The zero-order chi connectivity index (χ0) is 16.2. The molecule has 7 nitrogen and oxygen atoms in total. The number of amides is 1. The number of hydrogen-bond donors (Lipinski definition) is 1. The molecule has 0 aliphatic carbocycles. The van der Waals surface area contributed by atoms with Gasteiger partial charge in [-0.2, -0.15) is 5.10 Å². The molecule has 3 heterocycles. The Hall–Kier alpha value is -2.15. The van der Waals surface area contributed by atoms with Crippen LogP contribution in [0.2, 0.25) is 0 Å². The van der Waals surface area contributed by atoms with Crippen molar-refractivity contribution in [1.82, 2.24) is 24.2 Å². The molecule has 2 aromatic rings. The third-order valence-corrected chi connectivity index (χ3v) is 3.98. The number of imidazole rings is 1. The topological polar surface area (TPSA) is 68.0 Å². The molecule has 1 aliphatic rings. The molecule has 7 heteroatoms. The fourth-order valence-electron chi connectivity index (χ4n) is 2.76. The van der Waals surface area contributed by atoms with Gasteiger partial charge in [-0.05, 0) is 26.9 Å². The van der Waals surface area contributed by atoms with Crippen molar-refractivity contribution in [2.24, 2.45) is 0 Å². The lowest BCUT2D eigenvalue weighted by Gasteiger charge is -2.11. The van der Waals surface area contributed by atoms with E-state index in [0.717, 1.165) is 37.6 Å². The Morgan fingerprint density at radius 1 is 1.39 bits per heavy atom. The number of hydrogen-bond acceptors (Lipinski definition) is 4. The summed E-state index contributed by atoms with van der Waals surface area (Å²) in [6, 6.07) is 1.83. The number of rotatable bonds is 6. The maximum absolute atomic E-state index is 12.2. The second-order valence-corrected chi connectivity index (χ2v) is 6.29. The molecule has 0 radical (unpaired) electrons. The van der Waals surface area contributed by atoms with Crippen LogP contribution in [-0.2, 0) is 30.7 Å². The van der Waals surface area contributed by atoms with Crippen molar-refractivity contribution in [3.8, 4) is 0 Å². The number of aromatic nitrogens is 4. The summed E-state index contributed by atoms with van der Waals surface area (Å²) < 4.78 is 4.01. The molecule has 23 heavy (non-hydrogen) atoms. The van der Waals surface area contributed by atoms with E-state index >= 15 is 0 Å². The van der Waals surface area contributed by atoms with E-state index in [2.05, 4.69) is 24.9 Å². The molecule has 2 aromatic heterocycles. The van der Waals surface area contributed by atoms with Gasteiger partial charge in [-0.25, -0.2) is 4.98 Å². The summed E-state index contributed by atoms with van der Waals surface area (Å²) in [5, 5.41) is 7.21. The maximum Gasteiger partial charge on any atom is 0.231 e. The Morgan fingerprint density at radius 2 is 2.26 bits per heavy atom. The Balaban J connectivity index is 1.54. The van der Waals surface area contributed by atoms with Gasteiger partial charge in [0, 0.05) is 38.0 Å². The lowest BCUT2D eigenvalue weighted by Crippen LogP contribution is -2.19. The van der Waals surface area contributed by atoms with Gasteiger partial charge in [-0.1, -0.05) is 0 Å². The van der Waals surface area contributed by atoms with Crippen molar-refractivity contribution in [3.63, 3.8) is 0 Å². The minimum Gasteiger partial charge on any atom is -0.335 e. The van der Waals surface area contributed by atoms with Crippen LogP contribution in [-0.4, -0.2) is 50.8 Å². The van der Waals surface area contributed by atoms with Crippen molar-refractivity contribution in [2.45, 2.75) is 38.8 Å². The Bertz CT molecular complexity index is 648. The number of carbonyl (C=O) groups excluding carboxylic acids is 1.